The van der Waals surface area contributed by atoms with Crippen LogP contribution in [0.1, 0.15) is 64.2 Å². The first kappa shape index (κ1) is 19.5. The van der Waals surface area contributed by atoms with E-state index in [1.54, 1.807) is 6.20 Å². The number of hydrogen-bond acceptors (Lipinski definition) is 6. The highest BCUT2D eigenvalue weighted by molar-refractivity contribution is 5.51. The van der Waals surface area contributed by atoms with E-state index in [0.717, 1.165) is 47.3 Å². The Morgan fingerprint density at radius 3 is 2.55 bits per heavy atom. The normalized spacial score (nSPS) is 18.3. The number of nitrogens with one attached hydrogen (secondary N) is 1. The van der Waals surface area contributed by atoms with Gasteiger partial charge < -0.3 is 9.88 Å². The minimum absolute atomic E-state index is 0.0637. The van der Waals surface area contributed by atoms with E-state index in [-0.39, 0.29) is 16.9 Å². The highest BCUT2D eigenvalue weighted by Crippen LogP contribution is 2.41. The molecular formula is C22H29N7. The topological polar surface area (TPSA) is 81.4 Å². The van der Waals surface area contributed by atoms with Gasteiger partial charge in [0.1, 0.15) is 17.3 Å². The molecule has 1 aliphatic carbocycles. The van der Waals surface area contributed by atoms with Crippen LogP contribution in [0.3, 0.4) is 0 Å². The zero-order valence-electron chi connectivity index (χ0n) is 18.1. The summed E-state index contributed by atoms with van der Waals surface area (Å²) in [6, 6.07) is 4.02. The van der Waals surface area contributed by atoms with Crippen molar-refractivity contribution < 1.29 is 0 Å². The number of hydrogen-bond donors (Lipinski definition) is 1. The van der Waals surface area contributed by atoms with Crippen LogP contribution < -0.4 is 5.32 Å². The van der Waals surface area contributed by atoms with E-state index in [4.69, 9.17) is 4.98 Å². The van der Waals surface area contributed by atoms with Crippen LogP contribution in [0.5, 0.6) is 0 Å². The van der Waals surface area contributed by atoms with E-state index >= 15 is 0 Å². The van der Waals surface area contributed by atoms with Crippen molar-refractivity contribution in [3.8, 4) is 11.5 Å². The number of imidazole rings is 1. The lowest BCUT2D eigenvalue weighted by Gasteiger charge is -2.37. The molecule has 3 aromatic heterocycles. The average Bonchev–Trinajstić information content (AvgIpc) is 3.06. The van der Waals surface area contributed by atoms with E-state index < -0.39 is 0 Å². The van der Waals surface area contributed by atoms with Crippen LogP contribution in [0.25, 0.3) is 11.5 Å². The number of nitrogens with zero attached hydrogens (tertiary/aromatic N) is 6. The molecule has 0 saturated heterocycles. The largest absolute Gasteiger partial charge is 0.362 e. The van der Waals surface area contributed by atoms with Crippen molar-refractivity contribution in [3.05, 3.63) is 47.8 Å². The second-order valence-electron chi connectivity index (χ2n) is 9.75. The summed E-state index contributed by atoms with van der Waals surface area (Å²) in [5, 5.41) is 12.3. The van der Waals surface area contributed by atoms with Crippen molar-refractivity contribution in [2.24, 2.45) is 12.5 Å². The van der Waals surface area contributed by atoms with Crippen molar-refractivity contribution in [3.63, 3.8) is 0 Å². The van der Waals surface area contributed by atoms with E-state index in [2.05, 4.69) is 60.1 Å². The maximum absolute atomic E-state index is 4.93. The minimum atomic E-state index is -0.0637. The number of rotatable bonds is 3. The maximum atomic E-state index is 4.93. The van der Waals surface area contributed by atoms with Crippen molar-refractivity contribution in [1.82, 2.24) is 29.7 Å². The summed E-state index contributed by atoms with van der Waals surface area (Å²) in [6.45, 7) is 11.0. The molecular weight excluding hydrogens is 362 g/mol. The standard InChI is InChI=1S/C22H29N7/c1-21(2,3)20-24-13-14-16(11-22(4,5)12-17(14)26-20)25-18-8-7-15(27-28-18)19-23-9-10-29(19)6/h7-10,13,16H,11-12H2,1-6H3,(H,25,28). The Bertz CT molecular complexity index is 1010. The first-order valence-electron chi connectivity index (χ1n) is 10.1. The Hall–Kier alpha value is -2.83. The molecule has 7 nitrogen and oxygen atoms in total. The van der Waals surface area contributed by atoms with Crippen LogP contribution in [0.15, 0.2) is 30.7 Å². The molecule has 0 aliphatic heterocycles. The van der Waals surface area contributed by atoms with Crippen LogP contribution >= 0.6 is 0 Å². The highest BCUT2D eigenvalue weighted by atomic mass is 15.2. The molecule has 0 aromatic carbocycles. The minimum Gasteiger partial charge on any atom is -0.362 e. The van der Waals surface area contributed by atoms with Gasteiger partial charge in [0.2, 0.25) is 0 Å². The van der Waals surface area contributed by atoms with Gasteiger partial charge in [-0.2, -0.15) is 0 Å². The molecule has 1 unspecified atom stereocenters. The second kappa shape index (κ2) is 6.90. The van der Waals surface area contributed by atoms with Gasteiger partial charge >= 0.3 is 0 Å². The molecule has 1 atom stereocenters. The Balaban J connectivity index is 1.61. The first-order valence-corrected chi connectivity index (χ1v) is 10.1. The summed E-state index contributed by atoms with van der Waals surface area (Å²) in [4.78, 5) is 13.9. The SMILES string of the molecule is Cn1ccnc1-c1ccc(NC2CC(C)(C)Cc3nc(C(C)(C)C)ncc32)nn1. The Kier molecular flexibility index (Phi) is 4.63. The van der Waals surface area contributed by atoms with E-state index in [0.29, 0.717) is 0 Å². The molecule has 0 spiro atoms. The number of aryl methyl sites for hydroxylation is 1. The second-order valence-corrected chi connectivity index (χ2v) is 9.75. The van der Waals surface area contributed by atoms with Crippen LogP contribution in [0.4, 0.5) is 5.82 Å². The van der Waals surface area contributed by atoms with Gasteiger partial charge in [-0.15, -0.1) is 10.2 Å². The van der Waals surface area contributed by atoms with Gasteiger partial charge in [-0.1, -0.05) is 34.6 Å². The smallest absolute Gasteiger partial charge is 0.160 e. The molecule has 1 N–H and O–H groups in total. The highest BCUT2D eigenvalue weighted by Gasteiger charge is 2.34. The maximum Gasteiger partial charge on any atom is 0.160 e. The molecule has 152 valence electrons. The van der Waals surface area contributed by atoms with Gasteiger partial charge in [-0.05, 0) is 30.4 Å². The fourth-order valence-electron chi connectivity index (χ4n) is 3.86. The van der Waals surface area contributed by atoms with Gasteiger partial charge in [-0.3, -0.25) is 0 Å². The van der Waals surface area contributed by atoms with Gasteiger partial charge in [0, 0.05) is 42.3 Å². The summed E-state index contributed by atoms with van der Waals surface area (Å²) in [6.07, 6.45) is 7.59. The predicted octanol–water partition coefficient (Wildman–Crippen LogP) is 4.09. The molecule has 1 aliphatic rings. The van der Waals surface area contributed by atoms with E-state index in [9.17, 15) is 0 Å². The molecule has 29 heavy (non-hydrogen) atoms. The van der Waals surface area contributed by atoms with Gasteiger partial charge in [0.15, 0.2) is 5.82 Å². The number of fused-ring (bicyclic) bond motifs is 1. The third kappa shape index (κ3) is 3.99. The molecule has 0 radical (unpaired) electrons. The van der Waals surface area contributed by atoms with Crippen LogP contribution in [0, 0.1) is 5.41 Å². The number of aromatic nitrogens is 6. The van der Waals surface area contributed by atoms with Crippen molar-refractivity contribution in [2.45, 2.75) is 58.9 Å². The van der Waals surface area contributed by atoms with Crippen molar-refractivity contribution >= 4 is 5.82 Å². The lowest BCUT2D eigenvalue weighted by atomic mass is 9.74. The molecule has 0 fully saturated rings. The summed E-state index contributed by atoms with van der Waals surface area (Å²) >= 11 is 0. The van der Waals surface area contributed by atoms with Gasteiger partial charge in [0.05, 0.1) is 6.04 Å². The molecule has 3 aromatic rings. The average molecular weight is 392 g/mol. The van der Waals surface area contributed by atoms with Crippen molar-refractivity contribution in [2.75, 3.05) is 5.32 Å². The zero-order valence-corrected chi connectivity index (χ0v) is 18.1. The van der Waals surface area contributed by atoms with E-state index in [1.165, 1.54) is 0 Å². The monoisotopic (exact) mass is 391 g/mol. The van der Waals surface area contributed by atoms with Crippen LogP contribution in [-0.2, 0) is 18.9 Å². The molecule has 0 bridgehead atoms. The molecule has 7 heteroatoms. The van der Waals surface area contributed by atoms with Crippen LogP contribution in [0.2, 0.25) is 0 Å². The summed E-state index contributed by atoms with van der Waals surface area (Å²) in [7, 11) is 1.95. The summed E-state index contributed by atoms with van der Waals surface area (Å²) in [5.41, 5.74) is 3.13. The van der Waals surface area contributed by atoms with Crippen molar-refractivity contribution in [1.29, 1.82) is 0 Å². The number of anilines is 1. The molecule has 0 amide bonds. The summed E-state index contributed by atoms with van der Waals surface area (Å²) in [5.74, 6) is 2.44. The Morgan fingerprint density at radius 2 is 1.93 bits per heavy atom. The fraction of sp³-hybridized carbons (Fsp3) is 0.500. The first-order chi connectivity index (χ1) is 13.6. The molecule has 3 heterocycles. The lowest BCUT2D eigenvalue weighted by Crippen LogP contribution is -2.32. The summed E-state index contributed by atoms with van der Waals surface area (Å²) < 4.78 is 1.93. The fourth-order valence-corrected chi connectivity index (χ4v) is 3.86. The van der Waals surface area contributed by atoms with Gasteiger partial charge in [0.25, 0.3) is 0 Å². The molecule has 4 rings (SSSR count). The van der Waals surface area contributed by atoms with Crippen LogP contribution in [-0.4, -0.2) is 29.7 Å². The third-order valence-corrected chi connectivity index (χ3v) is 5.39. The third-order valence-electron chi connectivity index (χ3n) is 5.39. The quantitative estimate of drug-likeness (QED) is 0.724. The van der Waals surface area contributed by atoms with E-state index in [1.807, 2.05) is 36.1 Å². The Morgan fingerprint density at radius 1 is 1.14 bits per heavy atom. The van der Waals surface area contributed by atoms with Gasteiger partial charge in [-0.25, -0.2) is 15.0 Å². The zero-order chi connectivity index (χ0) is 20.8. The predicted molar refractivity (Wildman–Crippen MR) is 113 cm³/mol. The lowest BCUT2D eigenvalue weighted by molar-refractivity contribution is 0.284. The molecule has 0 saturated carbocycles. The Labute approximate surface area is 172 Å².